The molecule has 2 N–H and O–H groups in total. The van der Waals surface area contributed by atoms with Crippen molar-refractivity contribution in [3.8, 4) is 11.5 Å². The summed E-state index contributed by atoms with van der Waals surface area (Å²) in [5, 5.41) is 17.6. The van der Waals surface area contributed by atoms with E-state index >= 15 is 0 Å². The average Bonchev–Trinajstić information content (AvgIpc) is 2.84. The first-order chi connectivity index (χ1) is 10.5. The van der Waals surface area contributed by atoms with Crippen LogP contribution in [0.3, 0.4) is 0 Å². The number of hydrazone groups is 1. The number of benzene rings is 1. The van der Waals surface area contributed by atoms with Gasteiger partial charge in [0.15, 0.2) is 11.5 Å². The highest BCUT2D eigenvalue weighted by molar-refractivity contribution is 9.10. The van der Waals surface area contributed by atoms with Crippen molar-refractivity contribution in [3.63, 3.8) is 0 Å². The highest BCUT2D eigenvalue weighted by Crippen LogP contribution is 2.34. The molecule has 1 aromatic carbocycles. The molecule has 2 rings (SSSR count). The van der Waals surface area contributed by atoms with Crippen LogP contribution < -0.4 is 10.2 Å². The van der Waals surface area contributed by atoms with E-state index in [1.54, 1.807) is 16.9 Å². The zero-order valence-electron chi connectivity index (χ0n) is 12.1. The van der Waals surface area contributed by atoms with Gasteiger partial charge >= 0.3 is 0 Å². The molecule has 0 fully saturated rings. The predicted molar refractivity (Wildman–Crippen MR) is 85.1 cm³/mol. The van der Waals surface area contributed by atoms with E-state index in [0.29, 0.717) is 15.8 Å². The summed E-state index contributed by atoms with van der Waals surface area (Å²) >= 11 is 3.28. The minimum Gasteiger partial charge on any atom is -0.504 e. The molecule has 0 bridgehead atoms. The first kappa shape index (κ1) is 16.0. The summed E-state index contributed by atoms with van der Waals surface area (Å²) in [6.45, 7) is 1.95. The van der Waals surface area contributed by atoms with Gasteiger partial charge in [-0.15, -0.1) is 0 Å². The lowest BCUT2D eigenvalue weighted by atomic mass is 10.2. The Labute approximate surface area is 135 Å². The van der Waals surface area contributed by atoms with Crippen molar-refractivity contribution in [2.75, 3.05) is 7.11 Å². The number of phenolic OH excluding ortho intramolecular Hbond substituents is 1. The monoisotopic (exact) mass is 366 g/mol. The third-order valence-electron chi connectivity index (χ3n) is 2.88. The topological polar surface area (TPSA) is 88.7 Å². The number of methoxy groups -OCH3 is 1. The third-order valence-corrected chi connectivity index (χ3v) is 3.46. The van der Waals surface area contributed by atoms with Crippen molar-refractivity contribution < 1.29 is 14.6 Å². The van der Waals surface area contributed by atoms with E-state index in [-0.39, 0.29) is 18.2 Å². The molecule has 0 aliphatic rings. The summed E-state index contributed by atoms with van der Waals surface area (Å²) in [7, 11) is 1.46. The molecule has 0 aliphatic heterocycles. The zero-order chi connectivity index (χ0) is 16.1. The van der Waals surface area contributed by atoms with E-state index < -0.39 is 0 Å². The predicted octanol–water partition coefficient (Wildman–Crippen LogP) is 1.82. The van der Waals surface area contributed by atoms with Crippen molar-refractivity contribution in [1.82, 2.24) is 15.2 Å². The molecule has 0 saturated carbocycles. The number of halogens is 1. The van der Waals surface area contributed by atoms with Crippen LogP contribution in [0.15, 0.2) is 34.0 Å². The molecule has 1 heterocycles. The van der Waals surface area contributed by atoms with Crippen LogP contribution in [0.2, 0.25) is 0 Å². The molecule has 7 nitrogen and oxygen atoms in total. The summed E-state index contributed by atoms with van der Waals surface area (Å²) in [6.07, 6.45) is 3.06. The first-order valence-electron chi connectivity index (χ1n) is 6.38. The number of carbonyl (C=O) groups excluding carboxylic acids is 1. The smallest absolute Gasteiger partial charge is 0.261 e. The molecule has 0 saturated heterocycles. The number of hydrogen-bond acceptors (Lipinski definition) is 5. The van der Waals surface area contributed by atoms with E-state index in [0.717, 1.165) is 5.69 Å². The summed E-state index contributed by atoms with van der Waals surface area (Å²) < 4.78 is 7.19. The van der Waals surface area contributed by atoms with Gasteiger partial charge in [0.05, 0.1) is 17.8 Å². The zero-order valence-corrected chi connectivity index (χ0v) is 13.7. The van der Waals surface area contributed by atoms with Crippen LogP contribution in [-0.4, -0.2) is 34.1 Å². The van der Waals surface area contributed by atoms with Crippen molar-refractivity contribution >= 4 is 28.1 Å². The SMILES string of the molecule is COc1c(O)cc(/C=N\NC(=O)Cn2nccc2C)cc1Br. The number of aryl methyl sites for hydroxylation is 1. The number of nitrogens with zero attached hydrogens (tertiary/aromatic N) is 3. The van der Waals surface area contributed by atoms with Crippen LogP contribution >= 0.6 is 15.9 Å². The number of aromatic hydroxyl groups is 1. The van der Waals surface area contributed by atoms with E-state index in [4.69, 9.17) is 4.74 Å². The molecule has 8 heteroatoms. The molecular weight excluding hydrogens is 352 g/mol. The number of ether oxygens (including phenoxy) is 1. The molecule has 2 aromatic rings. The van der Waals surface area contributed by atoms with Crippen LogP contribution in [0, 0.1) is 6.92 Å². The Hall–Kier alpha value is -2.35. The van der Waals surface area contributed by atoms with Gasteiger partial charge in [0.25, 0.3) is 5.91 Å². The van der Waals surface area contributed by atoms with E-state index in [2.05, 4.69) is 31.6 Å². The fraction of sp³-hybridized carbons (Fsp3) is 0.214. The number of hydrogen-bond donors (Lipinski definition) is 2. The Morgan fingerprint density at radius 3 is 2.95 bits per heavy atom. The Balaban J connectivity index is 1.98. The maximum atomic E-state index is 11.7. The summed E-state index contributed by atoms with van der Waals surface area (Å²) in [5.74, 6) is 0.0343. The van der Waals surface area contributed by atoms with Gasteiger partial charge in [-0.25, -0.2) is 5.43 Å². The van der Waals surface area contributed by atoms with Crippen LogP contribution in [0.4, 0.5) is 0 Å². The lowest BCUT2D eigenvalue weighted by Crippen LogP contribution is -2.24. The molecule has 0 spiro atoms. The van der Waals surface area contributed by atoms with Crippen molar-refractivity contribution in [3.05, 3.63) is 40.1 Å². The van der Waals surface area contributed by atoms with Gasteiger partial charge in [0.1, 0.15) is 6.54 Å². The molecule has 0 aliphatic carbocycles. The van der Waals surface area contributed by atoms with Gasteiger partial charge < -0.3 is 9.84 Å². The van der Waals surface area contributed by atoms with Crippen molar-refractivity contribution in [2.24, 2.45) is 5.10 Å². The van der Waals surface area contributed by atoms with Gasteiger partial charge in [-0.3, -0.25) is 9.48 Å². The summed E-state index contributed by atoms with van der Waals surface area (Å²) in [4.78, 5) is 11.7. The quantitative estimate of drug-likeness (QED) is 0.623. The number of carbonyl (C=O) groups is 1. The second-order valence-electron chi connectivity index (χ2n) is 4.48. The molecule has 0 radical (unpaired) electrons. The second-order valence-corrected chi connectivity index (χ2v) is 5.33. The molecular formula is C14H15BrN4O3. The normalized spacial score (nSPS) is 10.9. The first-order valence-corrected chi connectivity index (χ1v) is 7.17. The third kappa shape index (κ3) is 3.85. The van der Waals surface area contributed by atoms with Gasteiger partial charge in [-0.1, -0.05) is 0 Å². The average molecular weight is 367 g/mol. The lowest BCUT2D eigenvalue weighted by molar-refractivity contribution is -0.121. The van der Waals surface area contributed by atoms with Gasteiger partial charge in [-0.05, 0) is 46.6 Å². The van der Waals surface area contributed by atoms with Crippen molar-refractivity contribution in [2.45, 2.75) is 13.5 Å². The maximum Gasteiger partial charge on any atom is 0.261 e. The van der Waals surface area contributed by atoms with E-state index in [9.17, 15) is 9.90 Å². The largest absolute Gasteiger partial charge is 0.504 e. The Morgan fingerprint density at radius 1 is 1.59 bits per heavy atom. The van der Waals surface area contributed by atoms with Gasteiger partial charge in [0, 0.05) is 11.9 Å². The van der Waals surface area contributed by atoms with Gasteiger partial charge in [-0.2, -0.15) is 10.2 Å². The molecule has 22 heavy (non-hydrogen) atoms. The highest BCUT2D eigenvalue weighted by atomic mass is 79.9. The van der Waals surface area contributed by atoms with E-state index in [1.807, 2.05) is 13.0 Å². The van der Waals surface area contributed by atoms with E-state index in [1.165, 1.54) is 19.4 Å². The highest BCUT2D eigenvalue weighted by Gasteiger charge is 2.08. The van der Waals surface area contributed by atoms with Crippen LogP contribution in [0.25, 0.3) is 0 Å². The standard InChI is InChI=1S/C14H15BrN4O3/c1-9-3-4-17-19(9)8-13(21)18-16-7-10-5-11(15)14(22-2)12(20)6-10/h3-7,20H,8H2,1-2H3,(H,18,21)/b16-7-. The maximum absolute atomic E-state index is 11.7. The molecule has 116 valence electrons. The number of phenols is 1. The fourth-order valence-electron chi connectivity index (χ4n) is 1.79. The van der Waals surface area contributed by atoms with Crippen LogP contribution in [0.5, 0.6) is 11.5 Å². The summed E-state index contributed by atoms with van der Waals surface area (Å²) in [6, 6.07) is 5.01. The number of nitrogens with one attached hydrogen (secondary N) is 1. The van der Waals surface area contributed by atoms with Crippen molar-refractivity contribution in [1.29, 1.82) is 0 Å². The Morgan fingerprint density at radius 2 is 2.36 bits per heavy atom. The fourth-order valence-corrected chi connectivity index (χ4v) is 2.42. The lowest BCUT2D eigenvalue weighted by Gasteiger charge is -2.06. The van der Waals surface area contributed by atoms with Crippen LogP contribution in [-0.2, 0) is 11.3 Å². The Kier molecular flexibility index (Phi) is 5.16. The molecule has 0 atom stereocenters. The number of amides is 1. The number of aromatic nitrogens is 2. The van der Waals surface area contributed by atoms with Gasteiger partial charge in [0.2, 0.25) is 0 Å². The molecule has 1 amide bonds. The Bertz CT molecular complexity index is 689. The summed E-state index contributed by atoms with van der Waals surface area (Å²) in [5.41, 5.74) is 3.91. The molecule has 0 unspecified atom stereocenters. The number of rotatable bonds is 5. The molecule has 1 aromatic heterocycles. The minimum absolute atomic E-state index is 0.0168. The van der Waals surface area contributed by atoms with Crippen LogP contribution in [0.1, 0.15) is 11.3 Å². The minimum atomic E-state index is -0.292. The second kappa shape index (κ2) is 7.08.